The maximum atomic E-state index is 5.77. The Bertz CT molecular complexity index is 236. The van der Waals surface area contributed by atoms with Crippen LogP contribution in [0.5, 0.6) is 0 Å². The number of fused-ring (bicyclic) bond motifs is 3. The molecular weight excluding hydrogens is 160 g/mol. The molecular formula is C11H18N2. The van der Waals surface area contributed by atoms with Crippen LogP contribution in [-0.4, -0.2) is 18.6 Å². The number of nitrogens with two attached hydrogens (primary N) is 1. The van der Waals surface area contributed by atoms with E-state index in [1.807, 2.05) is 0 Å². The maximum absolute atomic E-state index is 5.77. The fourth-order valence-electron chi connectivity index (χ4n) is 3.57. The second-order valence-corrected chi connectivity index (χ2v) is 4.78. The normalized spacial score (nSPS) is 52.5. The minimum absolute atomic E-state index is 0.681. The van der Waals surface area contributed by atoms with Gasteiger partial charge in [0.25, 0.3) is 0 Å². The van der Waals surface area contributed by atoms with Crippen LogP contribution >= 0.6 is 0 Å². The van der Waals surface area contributed by atoms with Crippen molar-refractivity contribution in [3.63, 3.8) is 0 Å². The van der Waals surface area contributed by atoms with Gasteiger partial charge in [-0.2, -0.15) is 0 Å². The smallest absolute Gasteiger partial charge is 0.0284 e. The number of hydrogen-bond acceptors (Lipinski definition) is 2. The summed E-state index contributed by atoms with van der Waals surface area (Å²) in [4.78, 5) is 0. The lowest BCUT2D eigenvalue weighted by Crippen LogP contribution is -2.48. The highest BCUT2D eigenvalue weighted by Gasteiger charge is 2.52. The quantitative estimate of drug-likeness (QED) is 0.585. The molecule has 2 fully saturated rings. The van der Waals surface area contributed by atoms with Crippen molar-refractivity contribution in [2.45, 2.75) is 31.3 Å². The van der Waals surface area contributed by atoms with E-state index in [0.29, 0.717) is 6.04 Å². The van der Waals surface area contributed by atoms with Gasteiger partial charge in [-0.05, 0) is 43.6 Å². The number of hydrogen-bond donors (Lipinski definition) is 2. The molecule has 2 aliphatic carbocycles. The fraction of sp³-hybridized carbons (Fsp3) is 0.818. The molecule has 1 saturated carbocycles. The first-order chi connectivity index (χ1) is 6.40. The molecule has 0 aromatic heterocycles. The molecule has 2 heteroatoms. The van der Waals surface area contributed by atoms with Crippen LogP contribution in [0.2, 0.25) is 0 Å². The zero-order chi connectivity index (χ0) is 8.84. The van der Waals surface area contributed by atoms with Gasteiger partial charge >= 0.3 is 0 Å². The Balaban J connectivity index is 1.79. The van der Waals surface area contributed by atoms with Crippen molar-refractivity contribution in [1.29, 1.82) is 0 Å². The van der Waals surface area contributed by atoms with Crippen molar-refractivity contribution in [3.05, 3.63) is 12.2 Å². The lowest BCUT2D eigenvalue weighted by Gasteiger charge is -2.42. The molecule has 72 valence electrons. The molecule has 0 amide bonds. The Morgan fingerprint density at radius 1 is 1.46 bits per heavy atom. The standard InChI is InChI=1S/C11H18N2/c12-6-7-5-10-11(7)8-3-1-2-4-9(8)13-10/h2,4,7-11,13H,1,3,5-6,12H2/t7?,8-,9?,10-,11?/m0/s1. The molecule has 3 N–H and O–H groups in total. The van der Waals surface area contributed by atoms with E-state index in [9.17, 15) is 0 Å². The van der Waals surface area contributed by atoms with E-state index in [-0.39, 0.29) is 0 Å². The van der Waals surface area contributed by atoms with Gasteiger partial charge < -0.3 is 11.1 Å². The zero-order valence-electron chi connectivity index (χ0n) is 7.95. The lowest BCUT2D eigenvalue weighted by atomic mass is 9.64. The highest BCUT2D eigenvalue weighted by molar-refractivity contribution is 5.15. The van der Waals surface area contributed by atoms with Gasteiger partial charge in [-0.25, -0.2) is 0 Å². The van der Waals surface area contributed by atoms with Gasteiger partial charge in [0.2, 0.25) is 0 Å². The van der Waals surface area contributed by atoms with E-state index in [2.05, 4.69) is 17.5 Å². The lowest BCUT2D eigenvalue weighted by molar-refractivity contribution is 0.114. The summed E-state index contributed by atoms with van der Waals surface area (Å²) in [7, 11) is 0. The molecule has 0 aromatic rings. The van der Waals surface area contributed by atoms with Crippen LogP contribution in [0.25, 0.3) is 0 Å². The fourth-order valence-corrected chi connectivity index (χ4v) is 3.57. The summed E-state index contributed by atoms with van der Waals surface area (Å²) in [6, 6.07) is 1.48. The largest absolute Gasteiger partial charge is 0.330 e. The van der Waals surface area contributed by atoms with E-state index in [4.69, 9.17) is 5.73 Å². The van der Waals surface area contributed by atoms with Crippen LogP contribution in [0.3, 0.4) is 0 Å². The first-order valence-electron chi connectivity index (χ1n) is 5.53. The Morgan fingerprint density at radius 2 is 2.38 bits per heavy atom. The van der Waals surface area contributed by atoms with Crippen LogP contribution in [0, 0.1) is 17.8 Å². The van der Waals surface area contributed by atoms with E-state index in [1.54, 1.807) is 0 Å². The monoisotopic (exact) mass is 178 g/mol. The summed E-state index contributed by atoms with van der Waals surface area (Å²) < 4.78 is 0. The van der Waals surface area contributed by atoms with E-state index in [1.165, 1.54) is 19.3 Å². The van der Waals surface area contributed by atoms with Crippen molar-refractivity contribution in [2.75, 3.05) is 6.54 Å². The van der Waals surface area contributed by atoms with Crippen LogP contribution in [0.4, 0.5) is 0 Å². The highest BCUT2D eigenvalue weighted by atomic mass is 15.0. The van der Waals surface area contributed by atoms with Crippen molar-refractivity contribution in [3.8, 4) is 0 Å². The molecule has 5 atom stereocenters. The molecule has 3 rings (SSSR count). The third kappa shape index (κ3) is 1.02. The SMILES string of the molecule is NCC1C[C@@H]2NC3C=CCC[C@@H]3C12. The molecule has 0 spiro atoms. The Morgan fingerprint density at radius 3 is 3.23 bits per heavy atom. The molecule has 2 nitrogen and oxygen atoms in total. The van der Waals surface area contributed by atoms with Gasteiger partial charge in [0.1, 0.15) is 0 Å². The summed E-state index contributed by atoms with van der Waals surface area (Å²) in [6.07, 6.45) is 8.69. The highest BCUT2D eigenvalue weighted by Crippen LogP contribution is 2.48. The summed E-state index contributed by atoms with van der Waals surface area (Å²) >= 11 is 0. The van der Waals surface area contributed by atoms with E-state index >= 15 is 0 Å². The Labute approximate surface area is 79.6 Å². The minimum Gasteiger partial charge on any atom is -0.330 e. The summed E-state index contributed by atoms with van der Waals surface area (Å²) in [6.45, 7) is 0.899. The predicted molar refractivity (Wildman–Crippen MR) is 53.2 cm³/mol. The molecule has 0 bridgehead atoms. The third-order valence-electron chi connectivity index (χ3n) is 4.24. The number of allylic oxidation sites excluding steroid dienone is 1. The Kier molecular flexibility index (Phi) is 1.74. The molecule has 1 saturated heterocycles. The van der Waals surface area contributed by atoms with Crippen molar-refractivity contribution in [1.82, 2.24) is 5.32 Å². The average molecular weight is 178 g/mol. The molecule has 1 heterocycles. The molecule has 3 aliphatic rings. The van der Waals surface area contributed by atoms with Gasteiger partial charge in [0.15, 0.2) is 0 Å². The topological polar surface area (TPSA) is 38.0 Å². The number of nitrogens with one attached hydrogen (secondary N) is 1. The van der Waals surface area contributed by atoms with Crippen LogP contribution in [-0.2, 0) is 0 Å². The molecule has 1 aliphatic heterocycles. The van der Waals surface area contributed by atoms with Crippen molar-refractivity contribution >= 4 is 0 Å². The molecule has 0 aromatic carbocycles. The van der Waals surface area contributed by atoms with Crippen LogP contribution in [0.1, 0.15) is 19.3 Å². The second-order valence-electron chi connectivity index (χ2n) is 4.78. The average Bonchev–Trinajstić information content (AvgIpc) is 2.40. The first-order valence-corrected chi connectivity index (χ1v) is 5.53. The van der Waals surface area contributed by atoms with Crippen molar-refractivity contribution < 1.29 is 0 Å². The van der Waals surface area contributed by atoms with Gasteiger partial charge in [0, 0.05) is 12.1 Å². The Hall–Kier alpha value is -0.340. The first kappa shape index (κ1) is 8.01. The maximum Gasteiger partial charge on any atom is 0.0284 e. The van der Waals surface area contributed by atoms with E-state index < -0.39 is 0 Å². The van der Waals surface area contributed by atoms with Crippen molar-refractivity contribution in [2.24, 2.45) is 23.5 Å². The third-order valence-corrected chi connectivity index (χ3v) is 4.24. The van der Waals surface area contributed by atoms with Gasteiger partial charge in [-0.1, -0.05) is 12.2 Å². The van der Waals surface area contributed by atoms with Gasteiger partial charge in [-0.15, -0.1) is 0 Å². The minimum atomic E-state index is 0.681. The molecule has 13 heavy (non-hydrogen) atoms. The van der Waals surface area contributed by atoms with Crippen LogP contribution < -0.4 is 11.1 Å². The van der Waals surface area contributed by atoms with E-state index in [0.717, 1.165) is 30.3 Å². The number of rotatable bonds is 1. The summed E-state index contributed by atoms with van der Waals surface area (Å²) in [5, 5.41) is 3.71. The zero-order valence-corrected chi connectivity index (χ0v) is 7.95. The molecule has 3 unspecified atom stereocenters. The summed E-state index contributed by atoms with van der Waals surface area (Å²) in [5.74, 6) is 2.62. The molecule has 0 radical (unpaired) electrons. The van der Waals surface area contributed by atoms with Crippen LogP contribution in [0.15, 0.2) is 12.2 Å². The second kappa shape index (κ2) is 2.82. The van der Waals surface area contributed by atoms with Gasteiger partial charge in [-0.3, -0.25) is 0 Å². The van der Waals surface area contributed by atoms with Gasteiger partial charge in [0.05, 0.1) is 0 Å². The predicted octanol–water partition coefficient (Wildman–Crippen LogP) is 0.888. The summed E-state index contributed by atoms with van der Waals surface area (Å²) in [5.41, 5.74) is 5.77.